The average molecular weight is 362 g/mol. The Kier molecular flexibility index (Phi) is 4.67. The molecule has 0 aliphatic carbocycles. The molecule has 138 valence electrons. The molecule has 0 saturated carbocycles. The van der Waals surface area contributed by atoms with Gasteiger partial charge in [-0.25, -0.2) is 0 Å². The first-order chi connectivity index (χ1) is 13.2. The molecule has 4 rings (SSSR count). The molecular weight excluding hydrogens is 340 g/mol. The Morgan fingerprint density at radius 3 is 2.59 bits per heavy atom. The first-order valence-corrected chi connectivity index (χ1v) is 9.14. The summed E-state index contributed by atoms with van der Waals surface area (Å²) in [5.74, 6) is 0.946. The van der Waals surface area contributed by atoms with Crippen LogP contribution in [0.5, 0.6) is 5.75 Å². The van der Waals surface area contributed by atoms with Crippen molar-refractivity contribution in [2.24, 2.45) is 0 Å². The monoisotopic (exact) mass is 362 g/mol. The van der Waals surface area contributed by atoms with E-state index in [0.29, 0.717) is 5.69 Å². The molecule has 0 N–H and O–H groups in total. The molecule has 1 fully saturated rings. The highest BCUT2D eigenvalue weighted by Gasteiger charge is 2.32. The van der Waals surface area contributed by atoms with Gasteiger partial charge in [0.25, 0.3) is 5.91 Å². The van der Waals surface area contributed by atoms with Gasteiger partial charge in [-0.1, -0.05) is 35.0 Å². The average Bonchev–Trinajstić information content (AvgIpc) is 3.38. The van der Waals surface area contributed by atoms with E-state index < -0.39 is 0 Å². The summed E-state index contributed by atoms with van der Waals surface area (Å²) in [6, 6.07) is 17.7. The van der Waals surface area contributed by atoms with E-state index in [-0.39, 0.29) is 17.7 Å². The molecule has 1 unspecified atom stereocenters. The molecule has 27 heavy (non-hydrogen) atoms. The maximum atomic E-state index is 13.0. The lowest BCUT2D eigenvalue weighted by atomic mass is 10.0. The lowest BCUT2D eigenvalue weighted by Crippen LogP contribution is -2.30. The molecule has 2 heterocycles. The minimum Gasteiger partial charge on any atom is -0.497 e. The minimum atomic E-state index is -0.106. The fourth-order valence-corrected chi connectivity index (χ4v) is 3.56. The molecule has 1 atom stereocenters. The van der Waals surface area contributed by atoms with Crippen LogP contribution in [0.3, 0.4) is 0 Å². The van der Waals surface area contributed by atoms with Crippen LogP contribution in [-0.2, 0) is 0 Å². The molecule has 0 bridgehead atoms. The fraction of sp³-hybridized carbons (Fsp3) is 0.273. The van der Waals surface area contributed by atoms with Gasteiger partial charge in [-0.05, 0) is 49.6 Å². The summed E-state index contributed by atoms with van der Waals surface area (Å²) >= 11 is 0. The number of aromatic nitrogens is 1. The zero-order valence-corrected chi connectivity index (χ0v) is 15.5. The van der Waals surface area contributed by atoms with Crippen LogP contribution in [0.1, 0.15) is 40.6 Å². The van der Waals surface area contributed by atoms with Gasteiger partial charge in [0.2, 0.25) is 5.76 Å². The Balaban J connectivity index is 1.55. The number of rotatable bonds is 4. The summed E-state index contributed by atoms with van der Waals surface area (Å²) in [6.07, 6.45) is 1.96. The van der Waals surface area contributed by atoms with Crippen molar-refractivity contribution in [2.75, 3.05) is 13.7 Å². The number of methoxy groups -OCH3 is 1. The molecular formula is C22H22N2O3. The van der Waals surface area contributed by atoms with E-state index in [2.05, 4.69) is 36.3 Å². The molecule has 0 spiro atoms. The van der Waals surface area contributed by atoms with E-state index in [4.69, 9.17) is 9.26 Å². The highest BCUT2D eigenvalue weighted by atomic mass is 16.5. The standard InChI is InChI=1S/C22H22N2O3/c1-15-5-7-17(8-6-15)20-4-3-13-24(20)22(25)21-14-19(23-27-21)16-9-11-18(26-2)12-10-16/h5-12,14,20H,3-4,13H2,1-2H3. The predicted molar refractivity (Wildman–Crippen MR) is 103 cm³/mol. The molecule has 1 saturated heterocycles. The van der Waals surface area contributed by atoms with E-state index in [1.54, 1.807) is 13.2 Å². The smallest absolute Gasteiger partial charge is 0.292 e. The van der Waals surface area contributed by atoms with Crippen molar-refractivity contribution in [3.05, 3.63) is 71.5 Å². The number of benzene rings is 2. The highest BCUT2D eigenvalue weighted by Crippen LogP contribution is 2.34. The molecule has 1 amide bonds. The van der Waals surface area contributed by atoms with Crippen molar-refractivity contribution in [3.63, 3.8) is 0 Å². The Morgan fingerprint density at radius 1 is 1.15 bits per heavy atom. The Bertz CT molecular complexity index is 929. The number of hydrogen-bond acceptors (Lipinski definition) is 4. The van der Waals surface area contributed by atoms with Crippen LogP contribution in [0.4, 0.5) is 0 Å². The van der Waals surface area contributed by atoms with Crippen molar-refractivity contribution in [1.29, 1.82) is 0 Å². The maximum Gasteiger partial charge on any atom is 0.292 e. The van der Waals surface area contributed by atoms with Crippen molar-refractivity contribution in [2.45, 2.75) is 25.8 Å². The van der Waals surface area contributed by atoms with Gasteiger partial charge >= 0.3 is 0 Å². The number of carbonyl (C=O) groups is 1. The quantitative estimate of drug-likeness (QED) is 0.679. The maximum absolute atomic E-state index is 13.0. The van der Waals surface area contributed by atoms with E-state index in [1.165, 1.54) is 11.1 Å². The zero-order chi connectivity index (χ0) is 18.8. The van der Waals surface area contributed by atoms with Crippen molar-refractivity contribution >= 4 is 5.91 Å². The van der Waals surface area contributed by atoms with Crippen molar-refractivity contribution in [1.82, 2.24) is 10.1 Å². The largest absolute Gasteiger partial charge is 0.497 e. The van der Waals surface area contributed by atoms with E-state index in [9.17, 15) is 4.79 Å². The SMILES string of the molecule is COc1ccc(-c2cc(C(=O)N3CCCC3c3ccc(C)cc3)on2)cc1. The topological polar surface area (TPSA) is 55.6 Å². The lowest BCUT2D eigenvalue weighted by molar-refractivity contribution is 0.0693. The second kappa shape index (κ2) is 7.27. The predicted octanol–water partition coefficient (Wildman–Crippen LogP) is 4.64. The molecule has 5 heteroatoms. The van der Waals surface area contributed by atoms with Gasteiger partial charge in [-0.15, -0.1) is 0 Å². The third kappa shape index (κ3) is 3.45. The van der Waals surface area contributed by atoms with Gasteiger partial charge in [0.1, 0.15) is 11.4 Å². The van der Waals surface area contributed by atoms with Gasteiger partial charge in [0, 0.05) is 18.2 Å². The number of carbonyl (C=O) groups excluding carboxylic acids is 1. The lowest BCUT2D eigenvalue weighted by Gasteiger charge is -2.24. The number of likely N-dealkylation sites (tertiary alicyclic amines) is 1. The van der Waals surface area contributed by atoms with Crippen LogP contribution in [0, 0.1) is 6.92 Å². The third-order valence-electron chi connectivity index (χ3n) is 5.08. The summed E-state index contributed by atoms with van der Waals surface area (Å²) in [6.45, 7) is 2.80. The molecule has 1 aliphatic rings. The number of ether oxygens (including phenoxy) is 1. The Labute approximate surface area is 158 Å². The summed E-state index contributed by atoms with van der Waals surface area (Å²) in [5.41, 5.74) is 3.91. The van der Waals surface area contributed by atoms with E-state index in [1.807, 2.05) is 29.2 Å². The number of hydrogen-bond donors (Lipinski definition) is 0. The first-order valence-electron chi connectivity index (χ1n) is 9.14. The molecule has 1 aliphatic heterocycles. The second-order valence-electron chi connectivity index (χ2n) is 6.87. The number of nitrogens with zero attached hydrogens (tertiary/aromatic N) is 2. The van der Waals surface area contributed by atoms with Crippen LogP contribution < -0.4 is 4.74 Å². The molecule has 2 aromatic carbocycles. The highest BCUT2D eigenvalue weighted by molar-refractivity contribution is 5.93. The molecule has 3 aromatic rings. The van der Waals surface area contributed by atoms with Crippen LogP contribution in [-0.4, -0.2) is 29.6 Å². The minimum absolute atomic E-state index is 0.0904. The first kappa shape index (κ1) is 17.3. The summed E-state index contributed by atoms with van der Waals surface area (Å²) < 4.78 is 10.6. The van der Waals surface area contributed by atoms with E-state index in [0.717, 1.165) is 30.7 Å². The van der Waals surface area contributed by atoms with Crippen molar-refractivity contribution < 1.29 is 14.1 Å². The third-order valence-corrected chi connectivity index (χ3v) is 5.08. The Hall–Kier alpha value is -3.08. The number of amides is 1. The van der Waals surface area contributed by atoms with Crippen LogP contribution in [0.2, 0.25) is 0 Å². The summed E-state index contributed by atoms with van der Waals surface area (Å²) in [7, 11) is 1.63. The van der Waals surface area contributed by atoms with Crippen LogP contribution >= 0.6 is 0 Å². The Morgan fingerprint density at radius 2 is 1.89 bits per heavy atom. The van der Waals surface area contributed by atoms with Crippen LogP contribution in [0.15, 0.2) is 59.1 Å². The van der Waals surface area contributed by atoms with Gasteiger partial charge in [-0.3, -0.25) is 4.79 Å². The summed E-state index contributed by atoms with van der Waals surface area (Å²) in [5, 5.41) is 4.08. The van der Waals surface area contributed by atoms with Gasteiger partial charge in [0.05, 0.1) is 13.2 Å². The normalized spacial score (nSPS) is 16.5. The second-order valence-corrected chi connectivity index (χ2v) is 6.87. The molecule has 0 radical (unpaired) electrons. The molecule has 5 nitrogen and oxygen atoms in total. The van der Waals surface area contributed by atoms with Gasteiger partial charge in [-0.2, -0.15) is 0 Å². The van der Waals surface area contributed by atoms with Crippen molar-refractivity contribution in [3.8, 4) is 17.0 Å². The summed E-state index contributed by atoms with van der Waals surface area (Å²) in [4.78, 5) is 14.9. The zero-order valence-electron chi connectivity index (χ0n) is 15.5. The van der Waals surface area contributed by atoms with Gasteiger partial charge in [0.15, 0.2) is 0 Å². The molecule has 1 aromatic heterocycles. The van der Waals surface area contributed by atoms with Gasteiger partial charge < -0.3 is 14.2 Å². The van der Waals surface area contributed by atoms with E-state index >= 15 is 0 Å². The fourth-order valence-electron chi connectivity index (χ4n) is 3.56. The van der Waals surface area contributed by atoms with Crippen LogP contribution in [0.25, 0.3) is 11.3 Å². The number of aryl methyl sites for hydroxylation is 1.